The van der Waals surface area contributed by atoms with E-state index >= 15 is 0 Å². The number of likely N-dealkylation sites (tertiary alicyclic amines) is 1. The van der Waals surface area contributed by atoms with Crippen LogP contribution >= 0.6 is 0 Å². The van der Waals surface area contributed by atoms with E-state index in [-0.39, 0.29) is 5.91 Å². The molecule has 7 heteroatoms. The summed E-state index contributed by atoms with van der Waals surface area (Å²) in [6.07, 6.45) is 4.33. The summed E-state index contributed by atoms with van der Waals surface area (Å²) in [7, 11) is 0. The van der Waals surface area contributed by atoms with Gasteiger partial charge in [0.25, 0.3) is 5.91 Å². The van der Waals surface area contributed by atoms with Crippen LogP contribution in [0.5, 0.6) is 0 Å². The summed E-state index contributed by atoms with van der Waals surface area (Å²) in [5.74, 6) is 0.0329. The quantitative estimate of drug-likeness (QED) is 0.806. The number of carbonyl (C=O) groups excluding carboxylic acids is 2. The zero-order valence-corrected chi connectivity index (χ0v) is 16.9. The number of anilines is 3. The molecule has 0 spiro atoms. The van der Waals surface area contributed by atoms with Crippen LogP contribution in [0.4, 0.5) is 21.9 Å². The highest BCUT2D eigenvalue weighted by molar-refractivity contribution is 6.04. The van der Waals surface area contributed by atoms with Crippen molar-refractivity contribution >= 4 is 29.0 Å². The lowest BCUT2D eigenvalue weighted by Crippen LogP contribution is -2.30. The Hall–Kier alpha value is -3.53. The van der Waals surface area contributed by atoms with Crippen molar-refractivity contribution in [1.29, 1.82) is 5.26 Å². The van der Waals surface area contributed by atoms with Gasteiger partial charge in [-0.2, -0.15) is 5.26 Å². The second kappa shape index (κ2) is 8.87. The number of amides is 3. The third-order valence-corrected chi connectivity index (χ3v) is 5.60. The molecule has 0 unspecified atom stereocenters. The number of nitrogens with one attached hydrogen (secondary N) is 2. The largest absolute Gasteiger partial charge is 0.371 e. The zero-order chi connectivity index (χ0) is 20.9. The van der Waals surface area contributed by atoms with Gasteiger partial charge in [-0.1, -0.05) is 0 Å². The number of carbonyl (C=O) groups is 2. The number of rotatable bonds is 4. The molecule has 2 aromatic rings. The van der Waals surface area contributed by atoms with E-state index in [4.69, 9.17) is 5.26 Å². The predicted octanol–water partition coefficient (Wildman–Crippen LogP) is 4.04. The minimum atomic E-state index is -0.395. The standard InChI is InChI=1S/C23H25N5O2/c24-16-17-5-7-18(8-6-17)25-23(30)26-19-9-10-21(27-11-1-2-12-27)20(15-19)22(29)28-13-3-4-14-28/h5-10,15H,1-4,11-14H2,(H2,25,26,30). The Labute approximate surface area is 176 Å². The first kappa shape index (κ1) is 19.8. The Morgan fingerprint density at radius 1 is 0.833 bits per heavy atom. The molecular weight excluding hydrogens is 378 g/mol. The van der Waals surface area contributed by atoms with Crippen molar-refractivity contribution in [2.24, 2.45) is 0 Å². The number of hydrogen-bond acceptors (Lipinski definition) is 4. The molecule has 0 atom stereocenters. The van der Waals surface area contributed by atoms with Crippen LogP contribution in [-0.2, 0) is 0 Å². The van der Waals surface area contributed by atoms with E-state index in [1.165, 1.54) is 0 Å². The maximum Gasteiger partial charge on any atom is 0.323 e. The van der Waals surface area contributed by atoms with Gasteiger partial charge in [-0.05, 0) is 68.1 Å². The second-order valence-electron chi connectivity index (χ2n) is 7.69. The molecule has 7 nitrogen and oxygen atoms in total. The van der Waals surface area contributed by atoms with Crippen LogP contribution in [0.1, 0.15) is 41.6 Å². The van der Waals surface area contributed by atoms with Gasteiger partial charge in [0.1, 0.15) is 0 Å². The van der Waals surface area contributed by atoms with Crippen LogP contribution < -0.4 is 15.5 Å². The summed E-state index contributed by atoms with van der Waals surface area (Å²) in [4.78, 5) is 29.7. The minimum absolute atomic E-state index is 0.0329. The highest BCUT2D eigenvalue weighted by Crippen LogP contribution is 2.29. The molecular formula is C23H25N5O2. The molecule has 0 aromatic heterocycles. The van der Waals surface area contributed by atoms with Gasteiger partial charge < -0.3 is 20.4 Å². The third-order valence-electron chi connectivity index (χ3n) is 5.60. The molecule has 2 aromatic carbocycles. The second-order valence-corrected chi connectivity index (χ2v) is 7.69. The molecule has 2 aliphatic rings. The maximum absolute atomic E-state index is 13.2. The van der Waals surface area contributed by atoms with Gasteiger partial charge in [0.2, 0.25) is 0 Å². The van der Waals surface area contributed by atoms with Crippen LogP contribution in [0, 0.1) is 11.3 Å². The molecule has 2 N–H and O–H groups in total. The summed E-state index contributed by atoms with van der Waals surface area (Å²) in [5.41, 5.74) is 3.29. The Balaban J connectivity index is 1.52. The first-order valence-corrected chi connectivity index (χ1v) is 10.4. The van der Waals surface area contributed by atoms with Crippen LogP contribution in [0.15, 0.2) is 42.5 Å². The Bertz CT molecular complexity index is 968. The van der Waals surface area contributed by atoms with Gasteiger partial charge in [0, 0.05) is 43.2 Å². The van der Waals surface area contributed by atoms with E-state index in [1.54, 1.807) is 30.3 Å². The molecule has 30 heavy (non-hydrogen) atoms. The van der Waals surface area contributed by atoms with Crippen molar-refractivity contribution in [3.63, 3.8) is 0 Å². The molecule has 2 aliphatic heterocycles. The lowest BCUT2D eigenvalue weighted by atomic mass is 10.1. The fraction of sp³-hybridized carbons (Fsp3) is 0.348. The zero-order valence-electron chi connectivity index (χ0n) is 16.9. The molecule has 2 fully saturated rings. The monoisotopic (exact) mass is 403 g/mol. The van der Waals surface area contributed by atoms with Crippen LogP contribution in [0.2, 0.25) is 0 Å². The average molecular weight is 403 g/mol. The fourth-order valence-corrected chi connectivity index (χ4v) is 4.03. The third kappa shape index (κ3) is 4.38. The van der Waals surface area contributed by atoms with E-state index in [0.29, 0.717) is 22.5 Å². The smallest absolute Gasteiger partial charge is 0.323 e. The number of nitrogens with zero attached hydrogens (tertiary/aromatic N) is 3. The summed E-state index contributed by atoms with van der Waals surface area (Å²) in [5, 5.41) is 14.4. The van der Waals surface area contributed by atoms with Crippen molar-refractivity contribution in [3.8, 4) is 6.07 Å². The lowest BCUT2D eigenvalue weighted by molar-refractivity contribution is 0.0793. The minimum Gasteiger partial charge on any atom is -0.371 e. The molecule has 0 bridgehead atoms. The topological polar surface area (TPSA) is 88.5 Å². The van der Waals surface area contributed by atoms with Gasteiger partial charge in [0.05, 0.1) is 17.2 Å². The highest BCUT2D eigenvalue weighted by Gasteiger charge is 2.25. The number of urea groups is 1. The van der Waals surface area contributed by atoms with E-state index < -0.39 is 6.03 Å². The molecule has 0 radical (unpaired) electrons. The van der Waals surface area contributed by atoms with Crippen molar-refractivity contribution in [3.05, 3.63) is 53.6 Å². The Kier molecular flexibility index (Phi) is 5.84. The van der Waals surface area contributed by atoms with E-state index in [2.05, 4.69) is 15.5 Å². The average Bonchev–Trinajstić information content (AvgIpc) is 3.48. The van der Waals surface area contributed by atoms with Crippen molar-refractivity contribution < 1.29 is 9.59 Å². The van der Waals surface area contributed by atoms with E-state index in [9.17, 15) is 9.59 Å². The normalized spacial score (nSPS) is 15.7. The molecule has 4 rings (SSSR count). The van der Waals surface area contributed by atoms with Gasteiger partial charge >= 0.3 is 6.03 Å². The first-order valence-electron chi connectivity index (χ1n) is 10.4. The predicted molar refractivity (Wildman–Crippen MR) is 117 cm³/mol. The van der Waals surface area contributed by atoms with Crippen molar-refractivity contribution in [2.75, 3.05) is 41.7 Å². The highest BCUT2D eigenvalue weighted by atomic mass is 16.2. The number of hydrogen-bond donors (Lipinski definition) is 2. The van der Waals surface area contributed by atoms with Gasteiger partial charge in [0.15, 0.2) is 0 Å². The van der Waals surface area contributed by atoms with Crippen molar-refractivity contribution in [1.82, 2.24) is 4.90 Å². The fourth-order valence-electron chi connectivity index (χ4n) is 4.03. The van der Waals surface area contributed by atoms with E-state index in [1.807, 2.05) is 23.1 Å². The number of benzene rings is 2. The summed E-state index contributed by atoms with van der Waals surface area (Å²) in [6, 6.07) is 13.9. The van der Waals surface area contributed by atoms with Crippen molar-refractivity contribution in [2.45, 2.75) is 25.7 Å². The number of nitriles is 1. The maximum atomic E-state index is 13.2. The van der Waals surface area contributed by atoms with Crippen LogP contribution in [0.3, 0.4) is 0 Å². The summed E-state index contributed by atoms with van der Waals surface area (Å²) < 4.78 is 0. The Morgan fingerprint density at radius 2 is 1.43 bits per heavy atom. The SMILES string of the molecule is N#Cc1ccc(NC(=O)Nc2ccc(N3CCCC3)c(C(=O)N3CCCC3)c2)cc1. The molecule has 154 valence electrons. The molecule has 3 amide bonds. The summed E-state index contributed by atoms with van der Waals surface area (Å²) in [6.45, 7) is 3.47. The molecule has 0 aliphatic carbocycles. The van der Waals surface area contributed by atoms with Gasteiger partial charge in [-0.3, -0.25) is 4.79 Å². The van der Waals surface area contributed by atoms with E-state index in [0.717, 1.165) is 57.5 Å². The molecule has 0 saturated carbocycles. The Morgan fingerprint density at radius 3 is 2.10 bits per heavy atom. The molecule has 2 heterocycles. The lowest BCUT2D eigenvalue weighted by Gasteiger charge is -2.24. The van der Waals surface area contributed by atoms with Gasteiger partial charge in [-0.25, -0.2) is 4.79 Å². The molecule has 2 saturated heterocycles. The van der Waals surface area contributed by atoms with Crippen LogP contribution in [0.25, 0.3) is 0 Å². The summed E-state index contributed by atoms with van der Waals surface area (Å²) >= 11 is 0. The first-order chi connectivity index (χ1) is 14.6. The van der Waals surface area contributed by atoms with Crippen LogP contribution in [-0.4, -0.2) is 43.0 Å². The van der Waals surface area contributed by atoms with Gasteiger partial charge in [-0.15, -0.1) is 0 Å².